The van der Waals surface area contributed by atoms with Gasteiger partial charge in [0.2, 0.25) is 0 Å². The van der Waals surface area contributed by atoms with Gasteiger partial charge in [-0.25, -0.2) is 4.98 Å². The average Bonchev–Trinajstić information content (AvgIpc) is 3.13. The van der Waals surface area contributed by atoms with Crippen molar-refractivity contribution in [1.82, 2.24) is 9.55 Å². The first-order chi connectivity index (χ1) is 12.6. The first-order valence-corrected chi connectivity index (χ1v) is 10.3. The van der Waals surface area contributed by atoms with Gasteiger partial charge >= 0.3 is 0 Å². The van der Waals surface area contributed by atoms with E-state index in [9.17, 15) is 0 Å². The molecule has 0 saturated heterocycles. The highest BCUT2D eigenvalue weighted by Gasteiger charge is 2.12. The predicted octanol–water partition coefficient (Wildman–Crippen LogP) is 5.71. The summed E-state index contributed by atoms with van der Waals surface area (Å²) in [6.07, 6.45) is 7.64. The maximum absolute atomic E-state index is 6.33. The standard InChI is InChI=1S/C20H21Cl2N3S/c21-17-5-3-16(20(22)11-17)4-8-19(12-25-10-9-24-14-25)26-13-15-1-6-18(23)7-2-15/h1-3,5-7,9-11,14,19H,4,8,12-13,23H2. The van der Waals surface area contributed by atoms with Gasteiger partial charge in [0.15, 0.2) is 0 Å². The zero-order chi connectivity index (χ0) is 18.4. The molecule has 1 unspecified atom stereocenters. The van der Waals surface area contributed by atoms with E-state index in [1.165, 1.54) is 5.56 Å². The Hall–Kier alpha value is -1.62. The molecule has 0 radical (unpaired) electrons. The maximum Gasteiger partial charge on any atom is 0.0946 e. The molecular formula is C20H21Cl2N3S. The molecule has 0 fully saturated rings. The summed E-state index contributed by atoms with van der Waals surface area (Å²) in [5.41, 5.74) is 8.99. The summed E-state index contributed by atoms with van der Waals surface area (Å²) in [5.74, 6) is 0.952. The fourth-order valence-corrected chi connectivity index (χ4v) is 4.41. The number of anilines is 1. The summed E-state index contributed by atoms with van der Waals surface area (Å²) < 4.78 is 2.13. The molecule has 136 valence electrons. The van der Waals surface area contributed by atoms with E-state index in [2.05, 4.69) is 21.7 Å². The first-order valence-electron chi connectivity index (χ1n) is 8.46. The van der Waals surface area contributed by atoms with Crippen LogP contribution in [0.1, 0.15) is 17.5 Å². The second-order valence-electron chi connectivity index (χ2n) is 6.21. The number of imidazole rings is 1. The van der Waals surface area contributed by atoms with Gasteiger partial charge in [-0.2, -0.15) is 11.8 Å². The number of nitrogen functional groups attached to an aromatic ring is 1. The molecule has 3 nitrogen and oxygen atoms in total. The third-order valence-corrected chi connectivity index (χ3v) is 6.13. The number of hydrogen-bond donors (Lipinski definition) is 1. The molecule has 2 aromatic carbocycles. The predicted molar refractivity (Wildman–Crippen MR) is 113 cm³/mol. The fourth-order valence-electron chi connectivity index (χ4n) is 2.73. The molecule has 6 heteroatoms. The lowest BCUT2D eigenvalue weighted by Crippen LogP contribution is -2.13. The van der Waals surface area contributed by atoms with Crippen molar-refractivity contribution in [2.75, 3.05) is 5.73 Å². The molecule has 26 heavy (non-hydrogen) atoms. The van der Waals surface area contributed by atoms with Crippen molar-refractivity contribution in [2.24, 2.45) is 0 Å². The molecule has 1 atom stereocenters. The monoisotopic (exact) mass is 405 g/mol. The smallest absolute Gasteiger partial charge is 0.0946 e. The average molecular weight is 406 g/mol. The van der Waals surface area contributed by atoms with E-state index in [0.717, 1.165) is 41.4 Å². The van der Waals surface area contributed by atoms with Crippen LogP contribution in [0.15, 0.2) is 61.2 Å². The SMILES string of the molecule is Nc1ccc(CSC(CCc2ccc(Cl)cc2Cl)Cn2ccnc2)cc1. The summed E-state index contributed by atoms with van der Waals surface area (Å²) in [5, 5.41) is 1.86. The molecule has 0 bridgehead atoms. The molecule has 0 aliphatic carbocycles. The highest BCUT2D eigenvalue weighted by Crippen LogP contribution is 2.27. The molecule has 0 aliphatic rings. The lowest BCUT2D eigenvalue weighted by molar-refractivity contribution is 0.624. The number of aryl methyl sites for hydroxylation is 1. The van der Waals surface area contributed by atoms with E-state index in [1.54, 1.807) is 0 Å². The molecule has 0 amide bonds. The Morgan fingerprint density at radius 3 is 2.62 bits per heavy atom. The summed E-state index contributed by atoms with van der Waals surface area (Å²) in [7, 11) is 0. The van der Waals surface area contributed by atoms with Crippen molar-refractivity contribution in [1.29, 1.82) is 0 Å². The number of benzene rings is 2. The van der Waals surface area contributed by atoms with Crippen molar-refractivity contribution < 1.29 is 0 Å². The van der Waals surface area contributed by atoms with Crippen LogP contribution in [0.2, 0.25) is 10.0 Å². The van der Waals surface area contributed by atoms with Crippen LogP contribution in [0.5, 0.6) is 0 Å². The number of aromatic nitrogens is 2. The molecular weight excluding hydrogens is 385 g/mol. The number of halogens is 2. The Labute approximate surface area is 168 Å². The summed E-state index contributed by atoms with van der Waals surface area (Å²) >= 11 is 14.3. The molecule has 3 rings (SSSR count). The van der Waals surface area contributed by atoms with E-state index in [0.29, 0.717) is 10.3 Å². The van der Waals surface area contributed by atoms with Crippen molar-refractivity contribution in [2.45, 2.75) is 30.4 Å². The van der Waals surface area contributed by atoms with Crippen molar-refractivity contribution in [3.05, 3.63) is 82.4 Å². The molecule has 1 heterocycles. The van der Waals surface area contributed by atoms with Crippen molar-refractivity contribution in [3.63, 3.8) is 0 Å². The van der Waals surface area contributed by atoms with Crippen LogP contribution in [-0.2, 0) is 18.7 Å². The van der Waals surface area contributed by atoms with Crippen LogP contribution < -0.4 is 5.73 Å². The van der Waals surface area contributed by atoms with Gasteiger partial charge in [-0.15, -0.1) is 0 Å². The minimum atomic E-state index is 0.452. The Bertz CT molecular complexity index is 820. The third kappa shape index (κ3) is 5.70. The quantitative estimate of drug-likeness (QED) is 0.488. The fraction of sp³-hybridized carbons (Fsp3) is 0.250. The number of rotatable bonds is 8. The molecule has 1 aromatic heterocycles. The maximum atomic E-state index is 6.33. The molecule has 0 spiro atoms. The van der Waals surface area contributed by atoms with Crippen molar-refractivity contribution in [3.8, 4) is 0 Å². The molecule has 0 saturated carbocycles. The van der Waals surface area contributed by atoms with Crippen LogP contribution in [0.4, 0.5) is 5.69 Å². The zero-order valence-corrected chi connectivity index (χ0v) is 16.6. The van der Waals surface area contributed by atoms with Crippen LogP contribution in [0.25, 0.3) is 0 Å². The van der Waals surface area contributed by atoms with E-state index < -0.39 is 0 Å². The Balaban J connectivity index is 1.63. The van der Waals surface area contributed by atoms with Crippen molar-refractivity contribution >= 4 is 40.7 Å². The summed E-state index contributed by atoms with van der Waals surface area (Å²) in [4.78, 5) is 4.15. The Kier molecular flexibility index (Phi) is 6.89. The molecule has 2 N–H and O–H groups in total. The van der Waals surface area contributed by atoms with E-state index in [-0.39, 0.29) is 0 Å². The number of nitrogens with zero attached hydrogens (tertiary/aromatic N) is 2. The van der Waals surface area contributed by atoms with Crippen LogP contribution >= 0.6 is 35.0 Å². The minimum absolute atomic E-state index is 0.452. The Morgan fingerprint density at radius 2 is 1.92 bits per heavy atom. The lowest BCUT2D eigenvalue weighted by Gasteiger charge is -2.18. The second kappa shape index (κ2) is 9.36. The van der Waals surface area contributed by atoms with Gasteiger partial charge in [0.1, 0.15) is 0 Å². The second-order valence-corrected chi connectivity index (χ2v) is 8.34. The van der Waals surface area contributed by atoms with Gasteiger partial charge in [0.25, 0.3) is 0 Å². The van der Waals surface area contributed by atoms with E-state index >= 15 is 0 Å². The number of nitrogens with two attached hydrogens (primary N) is 1. The van der Waals surface area contributed by atoms with Gasteiger partial charge in [-0.3, -0.25) is 0 Å². The summed E-state index contributed by atoms with van der Waals surface area (Å²) in [6.45, 7) is 0.921. The highest BCUT2D eigenvalue weighted by atomic mass is 35.5. The third-order valence-electron chi connectivity index (χ3n) is 4.19. The number of hydrogen-bond acceptors (Lipinski definition) is 3. The van der Waals surface area contributed by atoms with Gasteiger partial charge < -0.3 is 10.3 Å². The van der Waals surface area contributed by atoms with Crippen LogP contribution in [0, 0.1) is 0 Å². The van der Waals surface area contributed by atoms with Gasteiger partial charge in [0.05, 0.1) is 6.33 Å². The molecule has 3 aromatic rings. The number of thioether (sulfide) groups is 1. The van der Waals surface area contributed by atoms with Gasteiger partial charge in [0, 0.05) is 45.7 Å². The minimum Gasteiger partial charge on any atom is -0.399 e. The van der Waals surface area contributed by atoms with Gasteiger partial charge in [-0.1, -0.05) is 41.4 Å². The van der Waals surface area contributed by atoms with Gasteiger partial charge in [-0.05, 0) is 48.2 Å². The lowest BCUT2D eigenvalue weighted by atomic mass is 10.1. The zero-order valence-electron chi connectivity index (χ0n) is 14.3. The topological polar surface area (TPSA) is 43.8 Å². The summed E-state index contributed by atoms with van der Waals surface area (Å²) in [6, 6.07) is 13.8. The van der Waals surface area contributed by atoms with Crippen LogP contribution in [-0.4, -0.2) is 14.8 Å². The van der Waals surface area contributed by atoms with E-state index in [4.69, 9.17) is 28.9 Å². The largest absolute Gasteiger partial charge is 0.399 e. The normalized spacial score (nSPS) is 12.2. The van der Waals surface area contributed by atoms with Crippen LogP contribution in [0.3, 0.4) is 0 Å². The molecule has 0 aliphatic heterocycles. The Morgan fingerprint density at radius 1 is 1.12 bits per heavy atom. The first kappa shape index (κ1) is 19.2. The highest BCUT2D eigenvalue weighted by molar-refractivity contribution is 7.99. The van der Waals surface area contributed by atoms with E-state index in [1.807, 2.05) is 60.8 Å².